The molecule has 1 aliphatic rings. The average molecular weight is 396 g/mol. The van der Waals surface area contributed by atoms with Crippen molar-refractivity contribution in [3.05, 3.63) is 53.6 Å². The molecule has 0 fully saturated rings. The molecule has 0 aromatic heterocycles. The van der Waals surface area contributed by atoms with Gasteiger partial charge in [0.15, 0.2) is 12.4 Å². The molecular weight excluding hydrogens is 372 g/mol. The molecule has 0 atom stereocenters. The van der Waals surface area contributed by atoms with Gasteiger partial charge in [0.1, 0.15) is 11.5 Å². The zero-order chi connectivity index (χ0) is 20.8. The van der Waals surface area contributed by atoms with Crippen LogP contribution in [0.2, 0.25) is 0 Å². The van der Waals surface area contributed by atoms with Crippen LogP contribution >= 0.6 is 0 Å². The van der Waals surface area contributed by atoms with Crippen LogP contribution in [0.3, 0.4) is 0 Å². The Hall–Kier alpha value is -3.35. The number of fused-ring (bicyclic) bond motifs is 1. The minimum absolute atomic E-state index is 0.0779. The van der Waals surface area contributed by atoms with Gasteiger partial charge in [-0.25, -0.2) is 0 Å². The van der Waals surface area contributed by atoms with Crippen LogP contribution in [-0.2, 0) is 16.0 Å². The number of rotatable bonds is 8. The molecule has 2 amide bonds. The van der Waals surface area contributed by atoms with E-state index < -0.39 is 0 Å². The van der Waals surface area contributed by atoms with E-state index >= 15 is 0 Å². The number of methoxy groups -OCH3 is 1. The second kappa shape index (κ2) is 9.23. The summed E-state index contributed by atoms with van der Waals surface area (Å²) in [6, 6.07) is 12.7. The summed E-state index contributed by atoms with van der Waals surface area (Å²) < 4.78 is 10.6. The Kier molecular flexibility index (Phi) is 6.49. The van der Waals surface area contributed by atoms with E-state index in [4.69, 9.17) is 9.47 Å². The molecule has 7 nitrogen and oxygen atoms in total. The lowest BCUT2D eigenvalue weighted by Crippen LogP contribution is -2.41. The standard InChI is InChI=1S/C22H24N2O5/c1-15(25)17-5-8-20-19(13-17)24(22(27)14-29-20)12-10-21(26)23-11-9-16-3-6-18(28-2)7-4-16/h3-8,13H,9-12,14H2,1-2H3,(H,23,26). The van der Waals surface area contributed by atoms with E-state index in [2.05, 4.69) is 5.32 Å². The van der Waals surface area contributed by atoms with Crippen LogP contribution < -0.4 is 19.7 Å². The number of hydrogen-bond donors (Lipinski definition) is 1. The highest BCUT2D eigenvalue weighted by atomic mass is 16.5. The molecule has 29 heavy (non-hydrogen) atoms. The fraction of sp³-hybridized carbons (Fsp3) is 0.318. The maximum Gasteiger partial charge on any atom is 0.265 e. The maximum atomic E-state index is 12.3. The van der Waals surface area contributed by atoms with Gasteiger partial charge >= 0.3 is 0 Å². The van der Waals surface area contributed by atoms with E-state index in [0.29, 0.717) is 30.0 Å². The number of ether oxygens (including phenoxy) is 2. The topological polar surface area (TPSA) is 84.9 Å². The molecule has 7 heteroatoms. The van der Waals surface area contributed by atoms with Crippen molar-refractivity contribution in [1.82, 2.24) is 5.32 Å². The monoisotopic (exact) mass is 396 g/mol. The summed E-state index contributed by atoms with van der Waals surface area (Å²) in [5, 5.41) is 2.87. The van der Waals surface area contributed by atoms with Crippen molar-refractivity contribution in [3.8, 4) is 11.5 Å². The second-order valence-electron chi connectivity index (χ2n) is 6.77. The van der Waals surface area contributed by atoms with Gasteiger partial charge in [-0.3, -0.25) is 14.4 Å². The first kappa shape index (κ1) is 20.4. The molecule has 1 N–H and O–H groups in total. The molecule has 152 valence electrons. The van der Waals surface area contributed by atoms with Crippen molar-refractivity contribution in [2.45, 2.75) is 19.8 Å². The van der Waals surface area contributed by atoms with E-state index in [0.717, 1.165) is 11.3 Å². The molecule has 2 aromatic rings. The normalized spacial score (nSPS) is 12.8. The predicted molar refractivity (Wildman–Crippen MR) is 109 cm³/mol. The molecule has 3 rings (SSSR count). The smallest absolute Gasteiger partial charge is 0.265 e. The zero-order valence-electron chi connectivity index (χ0n) is 16.6. The number of carbonyl (C=O) groups excluding carboxylic acids is 3. The zero-order valence-corrected chi connectivity index (χ0v) is 16.6. The molecule has 0 saturated carbocycles. The Morgan fingerprint density at radius 1 is 1.17 bits per heavy atom. The minimum Gasteiger partial charge on any atom is -0.497 e. The predicted octanol–water partition coefficient (Wildman–Crippen LogP) is 2.37. The van der Waals surface area contributed by atoms with Crippen molar-refractivity contribution in [2.75, 3.05) is 31.7 Å². The summed E-state index contributed by atoms with van der Waals surface area (Å²) in [6.45, 7) is 2.12. The van der Waals surface area contributed by atoms with Gasteiger partial charge in [0.05, 0.1) is 12.8 Å². The third kappa shape index (κ3) is 5.13. The van der Waals surface area contributed by atoms with E-state index in [1.165, 1.54) is 11.8 Å². The Labute approximate surface area is 169 Å². The number of ketones is 1. The third-order valence-electron chi connectivity index (χ3n) is 4.77. The summed E-state index contributed by atoms with van der Waals surface area (Å²) in [7, 11) is 1.62. The van der Waals surface area contributed by atoms with Crippen molar-refractivity contribution >= 4 is 23.3 Å². The summed E-state index contributed by atoms with van der Waals surface area (Å²) in [5.74, 6) is 0.865. The molecule has 1 heterocycles. The van der Waals surface area contributed by atoms with E-state index in [9.17, 15) is 14.4 Å². The van der Waals surface area contributed by atoms with Crippen LogP contribution in [-0.4, -0.2) is 44.4 Å². The van der Waals surface area contributed by atoms with Gasteiger partial charge in [0, 0.05) is 25.1 Å². The molecule has 0 aliphatic carbocycles. The lowest BCUT2D eigenvalue weighted by atomic mass is 10.1. The third-order valence-corrected chi connectivity index (χ3v) is 4.77. The number of anilines is 1. The molecule has 0 bridgehead atoms. The molecule has 0 unspecified atom stereocenters. The fourth-order valence-corrected chi connectivity index (χ4v) is 3.11. The quantitative estimate of drug-likeness (QED) is 0.693. The van der Waals surface area contributed by atoms with Crippen LogP contribution in [0, 0.1) is 0 Å². The van der Waals surface area contributed by atoms with Gasteiger partial charge in [-0.15, -0.1) is 0 Å². The molecule has 0 radical (unpaired) electrons. The van der Waals surface area contributed by atoms with E-state index in [1.54, 1.807) is 25.3 Å². The van der Waals surface area contributed by atoms with Crippen LogP contribution in [0.25, 0.3) is 0 Å². The van der Waals surface area contributed by atoms with Crippen molar-refractivity contribution in [3.63, 3.8) is 0 Å². The number of amides is 2. The van der Waals surface area contributed by atoms with Gasteiger partial charge < -0.3 is 19.7 Å². The molecular formula is C22H24N2O5. The van der Waals surface area contributed by atoms with Gasteiger partial charge in [0.25, 0.3) is 5.91 Å². The minimum atomic E-state index is -0.232. The Balaban J connectivity index is 1.53. The lowest BCUT2D eigenvalue weighted by Gasteiger charge is -2.29. The number of hydrogen-bond acceptors (Lipinski definition) is 5. The van der Waals surface area contributed by atoms with Gasteiger partial charge in [-0.05, 0) is 49.2 Å². The van der Waals surface area contributed by atoms with Crippen LogP contribution in [0.15, 0.2) is 42.5 Å². The first-order valence-corrected chi connectivity index (χ1v) is 9.45. The lowest BCUT2D eigenvalue weighted by molar-refractivity contribution is -0.122. The van der Waals surface area contributed by atoms with Gasteiger partial charge in [-0.1, -0.05) is 12.1 Å². The van der Waals surface area contributed by atoms with Crippen LogP contribution in [0.4, 0.5) is 5.69 Å². The van der Waals surface area contributed by atoms with Gasteiger partial charge in [0.2, 0.25) is 5.91 Å². The van der Waals surface area contributed by atoms with E-state index in [1.807, 2.05) is 24.3 Å². The first-order chi connectivity index (χ1) is 14.0. The Morgan fingerprint density at radius 2 is 1.93 bits per heavy atom. The molecule has 1 aliphatic heterocycles. The molecule has 0 saturated heterocycles. The number of nitrogens with one attached hydrogen (secondary N) is 1. The van der Waals surface area contributed by atoms with E-state index in [-0.39, 0.29) is 37.2 Å². The highest BCUT2D eigenvalue weighted by Gasteiger charge is 2.26. The second-order valence-corrected chi connectivity index (χ2v) is 6.77. The van der Waals surface area contributed by atoms with Crippen LogP contribution in [0.5, 0.6) is 11.5 Å². The largest absolute Gasteiger partial charge is 0.497 e. The van der Waals surface area contributed by atoms with Crippen molar-refractivity contribution < 1.29 is 23.9 Å². The highest BCUT2D eigenvalue weighted by Crippen LogP contribution is 2.33. The maximum absolute atomic E-state index is 12.3. The fourth-order valence-electron chi connectivity index (χ4n) is 3.11. The molecule has 0 spiro atoms. The molecule has 2 aromatic carbocycles. The van der Waals surface area contributed by atoms with Crippen molar-refractivity contribution in [2.24, 2.45) is 0 Å². The highest BCUT2D eigenvalue weighted by molar-refractivity contribution is 6.01. The Bertz CT molecular complexity index is 908. The average Bonchev–Trinajstić information content (AvgIpc) is 2.73. The Morgan fingerprint density at radius 3 is 2.62 bits per heavy atom. The first-order valence-electron chi connectivity index (χ1n) is 9.45. The van der Waals surface area contributed by atoms with Crippen LogP contribution in [0.1, 0.15) is 29.3 Å². The number of nitrogens with zero attached hydrogens (tertiary/aromatic N) is 1. The SMILES string of the molecule is COc1ccc(CCNC(=O)CCN2C(=O)COc3ccc(C(C)=O)cc32)cc1. The number of benzene rings is 2. The summed E-state index contributed by atoms with van der Waals surface area (Å²) >= 11 is 0. The summed E-state index contributed by atoms with van der Waals surface area (Å²) in [4.78, 5) is 37.6. The number of carbonyl (C=O) groups is 3. The van der Waals surface area contributed by atoms with Gasteiger partial charge in [-0.2, -0.15) is 0 Å². The number of Topliss-reactive ketones (excluding diaryl/α,β-unsaturated/α-hetero) is 1. The van der Waals surface area contributed by atoms with Crippen molar-refractivity contribution in [1.29, 1.82) is 0 Å². The summed E-state index contributed by atoms with van der Waals surface area (Å²) in [5.41, 5.74) is 2.12. The summed E-state index contributed by atoms with van der Waals surface area (Å²) in [6.07, 6.45) is 0.870.